The molecular weight excluding hydrogens is 496 g/mol. The number of hydrogen-bond donors (Lipinski definition) is 0. The monoisotopic (exact) mass is 522 g/mol. The minimum absolute atomic E-state index is 0.147. The zero-order valence-corrected chi connectivity index (χ0v) is 21.5. The van der Waals surface area contributed by atoms with Crippen LogP contribution in [-0.2, 0) is 10.0 Å². The van der Waals surface area contributed by atoms with Crippen molar-refractivity contribution in [1.82, 2.24) is 34.2 Å². The predicted molar refractivity (Wildman–Crippen MR) is 136 cm³/mol. The Morgan fingerprint density at radius 1 is 0.946 bits per heavy atom. The number of anilines is 1. The van der Waals surface area contributed by atoms with Crippen molar-refractivity contribution in [3.8, 4) is 11.4 Å². The van der Waals surface area contributed by atoms with Gasteiger partial charge < -0.3 is 14.5 Å². The molecule has 1 amide bonds. The van der Waals surface area contributed by atoms with Crippen molar-refractivity contribution in [3.05, 3.63) is 60.4 Å². The molecular formula is C24H26N8O4S. The third-order valence-corrected chi connectivity index (χ3v) is 8.11. The molecule has 1 aliphatic rings. The van der Waals surface area contributed by atoms with Gasteiger partial charge >= 0.3 is 0 Å². The van der Waals surface area contributed by atoms with Gasteiger partial charge in [0.15, 0.2) is 17.0 Å². The molecule has 4 aromatic rings. The Morgan fingerprint density at radius 3 is 2.24 bits per heavy atom. The van der Waals surface area contributed by atoms with Crippen LogP contribution in [0.2, 0.25) is 0 Å². The van der Waals surface area contributed by atoms with Gasteiger partial charge in [0, 0.05) is 45.8 Å². The molecule has 1 aliphatic heterocycles. The van der Waals surface area contributed by atoms with E-state index in [1.54, 1.807) is 28.8 Å². The van der Waals surface area contributed by atoms with Crippen molar-refractivity contribution < 1.29 is 17.9 Å². The van der Waals surface area contributed by atoms with Crippen molar-refractivity contribution in [1.29, 1.82) is 0 Å². The summed E-state index contributed by atoms with van der Waals surface area (Å²) in [7, 11) is 1.01. The first kappa shape index (κ1) is 24.6. The molecule has 0 spiro atoms. The summed E-state index contributed by atoms with van der Waals surface area (Å²) in [5.74, 6) is 1.26. The molecule has 1 saturated heterocycles. The lowest BCUT2D eigenvalue weighted by atomic mass is 10.2. The Hall–Kier alpha value is -4.10. The van der Waals surface area contributed by atoms with E-state index in [4.69, 9.17) is 4.74 Å². The van der Waals surface area contributed by atoms with Gasteiger partial charge in [0.05, 0.1) is 17.7 Å². The first-order valence-corrected chi connectivity index (χ1v) is 13.0. The number of ether oxygens (including phenoxy) is 1. The minimum Gasteiger partial charge on any atom is -0.497 e. The normalized spacial score (nSPS) is 14.4. The van der Waals surface area contributed by atoms with Gasteiger partial charge in [-0.05, 0) is 48.5 Å². The van der Waals surface area contributed by atoms with Crippen LogP contribution >= 0.6 is 0 Å². The molecule has 13 heteroatoms. The molecule has 0 unspecified atom stereocenters. The van der Waals surface area contributed by atoms with Crippen LogP contribution in [-0.4, -0.2) is 95.9 Å². The van der Waals surface area contributed by atoms with Gasteiger partial charge in [0.2, 0.25) is 10.0 Å². The highest BCUT2D eigenvalue weighted by molar-refractivity contribution is 7.89. The van der Waals surface area contributed by atoms with Gasteiger partial charge in [-0.2, -0.15) is 4.68 Å². The SMILES string of the molecule is COc1ccc(-n2nnc3c(N4CCN(C(=O)c5ccc(S(=O)(=O)N(C)C)cc5)CC4)ncnc32)cc1. The number of carbonyl (C=O) groups excluding carboxylic acids is 1. The number of benzene rings is 2. The third kappa shape index (κ3) is 4.58. The highest BCUT2D eigenvalue weighted by Gasteiger charge is 2.26. The smallest absolute Gasteiger partial charge is 0.253 e. The number of carbonyl (C=O) groups is 1. The fraction of sp³-hybridized carbons (Fsp3) is 0.292. The number of fused-ring (bicyclic) bond motifs is 1. The quantitative estimate of drug-likeness (QED) is 0.370. The molecule has 37 heavy (non-hydrogen) atoms. The van der Waals surface area contributed by atoms with E-state index in [9.17, 15) is 13.2 Å². The van der Waals surface area contributed by atoms with Gasteiger partial charge in [-0.3, -0.25) is 4.79 Å². The van der Waals surface area contributed by atoms with Crippen LogP contribution in [0.1, 0.15) is 10.4 Å². The number of piperazine rings is 1. The van der Waals surface area contributed by atoms with E-state index >= 15 is 0 Å². The summed E-state index contributed by atoms with van der Waals surface area (Å²) in [5, 5.41) is 8.62. The Balaban J connectivity index is 1.30. The molecule has 2 aromatic carbocycles. The van der Waals surface area contributed by atoms with Gasteiger partial charge in [-0.25, -0.2) is 22.7 Å². The highest BCUT2D eigenvalue weighted by Crippen LogP contribution is 2.25. The van der Waals surface area contributed by atoms with E-state index in [0.29, 0.717) is 48.7 Å². The first-order chi connectivity index (χ1) is 17.8. The number of rotatable bonds is 6. The van der Waals surface area contributed by atoms with Crippen molar-refractivity contribution in [2.45, 2.75) is 4.90 Å². The molecule has 3 heterocycles. The van der Waals surface area contributed by atoms with Gasteiger partial charge in [0.25, 0.3) is 5.91 Å². The molecule has 1 fully saturated rings. The topological polar surface area (TPSA) is 127 Å². The maximum absolute atomic E-state index is 13.0. The van der Waals surface area contributed by atoms with E-state index in [0.717, 1.165) is 15.7 Å². The molecule has 5 rings (SSSR count). The Morgan fingerprint density at radius 2 is 1.62 bits per heavy atom. The first-order valence-electron chi connectivity index (χ1n) is 11.6. The maximum Gasteiger partial charge on any atom is 0.253 e. The number of amides is 1. The summed E-state index contributed by atoms with van der Waals surface area (Å²) in [6, 6.07) is 13.5. The number of aromatic nitrogens is 5. The summed E-state index contributed by atoms with van der Waals surface area (Å²) < 4.78 is 32.6. The standard InChI is InChI=1S/C24H26N8O4S/c1-29(2)37(34,35)20-10-4-17(5-11-20)24(33)31-14-12-30(13-15-31)22-21-23(26-16-25-22)32(28-27-21)18-6-8-19(36-3)9-7-18/h4-11,16H,12-15H2,1-3H3. The van der Waals surface area contributed by atoms with E-state index in [2.05, 4.69) is 25.2 Å². The molecule has 0 atom stereocenters. The van der Waals surface area contributed by atoms with Crippen LogP contribution in [0.3, 0.4) is 0 Å². The summed E-state index contributed by atoms with van der Waals surface area (Å²) in [6.07, 6.45) is 1.49. The molecule has 12 nitrogen and oxygen atoms in total. The average molecular weight is 523 g/mol. The Labute approximate surface area is 214 Å². The van der Waals surface area contributed by atoms with Crippen LogP contribution in [0.4, 0.5) is 5.82 Å². The highest BCUT2D eigenvalue weighted by atomic mass is 32.2. The van der Waals surface area contributed by atoms with E-state index < -0.39 is 10.0 Å². The van der Waals surface area contributed by atoms with Crippen LogP contribution in [0.25, 0.3) is 16.9 Å². The largest absolute Gasteiger partial charge is 0.497 e. The van der Waals surface area contributed by atoms with Gasteiger partial charge in [-0.15, -0.1) is 5.10 Å². The second-order valence-corrected chi connectivity index (χ2v) is 10.8. The Bertz CT molecular complexity index is 1530. The lowest BCUT2D eigenvalue weighted by Crippen LogP contribution is -2.49. The van der Waals surface area contributed by atoms with Crippen molar-refractivity contribution in [3.63, 3.8) is 0 Å². The summed E-state index contributed by atoms with van der Waals surface area (Å²) in [6.45, 7) is 2.07. The zero-order valence-electron chi connectivity index (χ0n) is 20.6. The summed E-state index contributed by atoms with van der Waals surface area (Å²) in [5.41, 5.74) is 2.41. The maximum atomic E-state index is 13.0. The van der Waals surface area contributed by atoms with Gasteiger partial charge in [0.1, 0.15) is 12.1 Å². The number of sulfonamides is 1. The van der Waals surface area contributed by atoms with Crippen molar-refractivity contribution in [2.75, 3.05) is 52.3 Å². The molecule has 192 valence electrons. The molecule has 2 aromatic heterocycles. The summed E-state index contributed by atoms with van der Waals surface area (Å²) in [4.78, 5) is 25.8. The third-order valence-electron chi connectivity index (χ3n) is 6.28. The lowest BCUT2D eigenvalue weighted by molar-refractivity contribution is 0.0746. The number of methoxy groups -OCH3 is 1. The lowest BCUT2D eigenvalue weighted by Gasteiger charge is -2.35. The van der Waals surface area contributed by atoms with E-state index in [1.807, 2.05) is 24.3 Å². The van der Waals surface area contributed by atoms with E-state index in [1.165, 1.54) is 32.6 Å². The zero-order chi connectivity index (χ0) is 26.2. The van der Waals surface area contributed by atoms with Crippen LogP contribution in [0.15, 0.2) is 59.8 Å². The fourth-order valence-corrected chi connectivity index (χ4v) is 5.05. The molecule has 0 saturated carbocycles. The molecule has 0 bridgehead atoms. The van der Waals surface area contributed by atoms with E-state index in [-0.39, 0.29) is 10.8 Å². The second kappa shape index (κ2) is 9.75. The van der Waals surface area contributed by atoms with Gasteiger partial charge in [-0.1, -0.05) is 5.21 Å². The number of nitrogens with zero attached hydrogens (tertiary/aromatic N) is 8. The van der Waals surface area contributed by atoms with Crippen LogP contribution < -0.4 is 9.64 Å². The second-order valence-electron chi connectivity index (χ2n) is 8.66. The Kier molecular flexibility index (Phi) is 6.48. The average Bonchev–Trinajstić information content (AvgIpc) is 3.37. The van der Waals surface area contributed by atoms with Crippen molar-refractivity contribution in [2.24, 2.45) is 0 Å². The molecule has 0 radical (unpaired) electrons. The molecule has 0 aliphatic carbocycles. The summed E-state index contributed by atoms with van der Waals surface area (Å²) >= 11 is 0. The van der Waals surface area contributed by atoms with Crippen molar-refractivity contribution >= 4 is 32.9 Å². The predicted octanol–water partition coefficient (Wildman–Crippen LogP) is 1.43. The molecule has 0 N–H and O–H groups in total. The number of hydrogen-bond acceptors (Lipinski definition) is 9. The fourth-order valence-electron chi connectivity index (χ4n) is 4.15. The van der Waals surface area contributed by atoms with Crippen LogP contribution in [0.5, 0.6) is 5.75 Å². The minimum atomic E-state index is -3.55. The van der Waals surface area contributed by atoms with Crippen LogP contribution in [0, 0.1) is 0 Å².